The fourth-order valence-electron chi connectivity index (χ4n) is 3.82. The van der Waals surface area contributed by atoms with Crippen LogP contribution in [0.5, 0.6) is 0 Å². The fraction of sp³-hybridized carbons (Fsp3) is 0.556. The zero-order chi connectivity index (χ0) is 18.6. The molecule has 3 heterocycles. The van der Waals surface area contributed by atoms with Crippen molar-refractivity contribution in [2.45, 2.75) is 51.5 Å². The van der Waals surface area contributed by atoms with E-state index in [0.29, 0.717) is 12.8 Å². The second kappa shape index (κ2) is 6.07. The smallest absolute Gasteiger partial charge is 0.241 e. The molecule has 1 saturated carbocycles. The number of thiazole rings is 1. The van der Waals surface area contributed by atoms with Crippen LogP contribution in [0.3, 0.4) is 0 Å². The molecule has 26 heavy (non-hydrogen) atoms. The predicted octanol–water partition coefficient (Wildman–Crippen LogP) is 1.70. The number of rotatable bonds is 4. The van der Waals surface area contributed by atoms with Gasteiger partial charge < -0.3 is 19.9 Å². The fourth-order valence-corrected chi connectivity index (χ4v) is 4.61. The van der Waals surface area contributed by atoms with Gasteiger partial charge in [0.25, 0.3) is 0 Å². The average molecular weight is 376 g/mol. The van der Waals surface area contributed by atoms with Gasteiger partial charge in [-0.3, -0.25) is 9.80 Å². The van der Waals surface area contributed by atoms with E-state index in [1.807, 2.05) is 17.6 Å². The number of nitrogens with zero attached hydrogens (tertiary/aromatic N) is 3. The minimum Gasteiger partial charge on any atom is -0.390 e. The predicted molar refractivity (Wildman–Crippen MR) is 100 cm³/mol. The van der Waals surface area contributed by atoms with Gasteiger partial charge in [0.1, 0.15) is 11.4 Å². The number of aliphatic hydroxyl groups is 2. The van der Waals surface area contributed by atoms with Crippen molar-refractivity contribution in [2.24, 2.45) is 11.0 Å². The molecule has 140 valence electrons. The zero-order valence-corrected chi connectivity index (χ0v) is 16.0. The molecular formula is C18H24N4O3S. The van der Waals surface area contributed by atoms with Gasteiger partial charge >= 0.3 is 0 Å². The van der Waals surface area contributed by atoms with Crippen molar-refractivity contribution in [1.82, 2.24) is 14.7 Å². The van der Waals surface area contributed by atoms with E-state index in [0.717, 1.165) is 21.8 Å². The molecular weight excluding hydrogens is 352 g/mol. The molecule has 1 atom stereocenters. The van der Waals surface area contributed by atoms with Crippen molar-refractivity contribution in [3.63, 3.8) is 0 Å². The topological polar surface area (TPSA) is 89.6 Å². The Labute approximate surface area is 155 Å². The number of aliphatic hydroxyl groups excluding tert-OH is 1. The summed E-state index contributed by atoms with van der Waals surface area (Å²) in [5.41, 5.74) is 1.90. The van der Waals surface area contributed by atoms with E-state index in [-0.39, 0.29) is 24.4 Å². The first-order valence-corrected chi connectivity index (χ1v) is 9.77. The van der Waals surface area contributed by atoms with Crippen LogP contribution in [-0.4, -0.2) is 49.4 Å². The van der Waals surface area contributed by atoms with Crippen molar-refractivity contribution in [1.29, 1.82) is 0 Å². The van der Waals surface area contributed by atoms with Gasteiger partial charge in [-0.1, -0.05) is 13.8 Å². The van der Waals surface area contributed by atoms with Crippen LogP contribution in [0.4, 0.5) is 0 Å². The Morgan fingerprint density at radius 3 is 2.88 bits per heavy atom. The van der Waals surface area contributed by atoms with Crippen LogP contribution >= 0.6 is 11.3 Å². The number of nitrogens with one attached hydrogen (secondary N) is 1. The van der Waals surface area contributed by atoms with Crippen molar-refractivity contribution >= 4 is 27.8 Å². The third-order valence-electron chi connectivity index (χ3n) is 5.06. The van der Waals surface area contributed by atoms with Crippen LogP contribution in [0.1, 0.15) is 51.1 Å². The standard InChI is InChI=1S/C18H24N4O3S/c1-10(2)15-16-12(6-14-21(16)4-5-26-14)17(24)22(20-15)9-13(23)19-11-7-18(3,25)8-11/h4-6,10-11,17,24-25H,7-9H2,1-3H3,(H,19,23). The molecule has 0 saturated heterocycles. The third kappa shape index (κ3) is 2.91. The summed E-state index contributed by atoms with van der Waals surface area (Å²) < 4.78 is 2.05. The number of carbonyl (C=O) groups is 1. The second-order valence-corrected chi connectivity index (χ2v) is 8.77. The molecule has 1 aliphatic carbocycles. The van der Waals surface area contributed by atoms with Crippen LogP contribution < -0.4 is 5.32 Å². The zero-order valence-electron chi connectivity index (χ0n) is 15.1. The number of amides is 1. The van der Waals surface area contributed by atoms with Crippen molar-refractivity contribution < 1.29 is 15.0 Å². The van der Waals surface area contributed by atoms with Crippen molar-refractivity contribution in [3.05, 3.63) is 28.9 Å². The number of fused-ring (bicyclic) bond motifs is 3. The molecule has 0 radical (unpaired) electrons. The maximum atomic E-state index is 12.4. The maximum absolute atomic E-state index is 12.4. The lowest BCUT2D eigenvalue weighted by molar-refractivity contribution is -0.129. The number of carbonyl (C=O) groups excluding carboxylic acids is 1. The quantitative estimate of drug-likeness (QED) is 0.758. The maximum Gasteiger partial charge on any atom is 0.241 e. The molecule has 4 rings (SSSR count). The third-order valence-corrected chi connectivity index (χ3v) is 5.87. The Hall–Kier alpha value is -1.90. The molecule has 2 aliphatic rings. The highest BCUT2D eigenvalue weighted by molar-refractivity contribution is 7.15. The summed E-state index contributed by atoms with van der Waals surface area (Å²) in [7, 11) is 0. The van der Waals surface area contributed by atoms with Crippen LogP contribution in [0.25, 0.3) is 4.83 Å². The molecule has 1 aliphatic heterocycles. The highest BCUT2D eigenvalue weighted by atomic mass is 32.1. The Bertz CT molecular complexity index is 874. The SMILES string of the molecule is CC(C)C1=NN(CC(=O)NC2CC(C)(O)C2)C(O)c2cc3sccn3c21. The minimum absolute atomic E-state index is 0.0108. The van der Waals surface area contributed by atoms with Gasteiger partial charge in [-0.05, 0) is 31.7 Å². The molecule has 0 aromatic carbocycles. The molecule has 3 N–H and O–H groups in total. The second-order valence-electron chi connectivity index (χ2n) is 7.84. The van der Waals surface area contributed by atoms with Gasteiger partial charge in [0.05, 0.1) is 17.0 Å². The first-order chi connectivity index (χ1) is 12.2. The van der Waals surface area contributed by atoms with Gasteiger partial charge in [-0.15, -0.1) is 11.3 Å². The van der Waals surface area contributed by atoms with Crippen molar-refractivity contribution in [2.75, 3.05) is 6.54 Å². The van der Waals surface area contributed by atoms with Crippen LogP contribution in [0.15, 0.2) is 22.7 Å². The lowest BCUT2D eigenvalue weighted by Crippen LogP contribution is -2.55. The normalized spacial score (nSPS) is 28.1. The summed E-state index contributed by atoms with van der Waals surface area (Å²) in [5.74, 6) is -0.0348. The first-order valence-electron chi connectivity index (χ1n) is 8.89. The first kappa shape index (κ1) is 17.5. The summed E-state index contributed by atoms with van der Waals surface area (Å²) in [5, 5.41) is 31.5. The van der Waals surface area contributed by atoms with E-state index in [1.165, 1.54) is 5.01 Å². The Balaban J connectivity index is 1.55. The van der Waals surface area contributed by atoms with E-state index < -0.39 is 11.8 Å². The Morgan fingerprint density at radius 1 is 1.50 bits per heavy atom. The van der Waals surface area contributed by atoms with Gasteiger partial charge in [0.15, 0.2) is 6.23 Å². The average Bonchev–Trinajstić information content (AvgIpc) is 3.09. The summed E-state index contributed by atoms with van der Waals surface area (Å²) in [6, 6.07) is 1.96. The minimum atomic E-state index is -0.949. The highest BCUT2D eigenvalue weighted by Crippen LogP contribution is 2.34. The molecule has 1 unspecified atom stereocenters. The molecule has 8 heteroatoms. The van der Waals surface area contributed by atoms with Crippen molar-refractivity contribution in [3.8, 4) is 0 Å². The molecule has 1 fully saturated rings. The lowest BCUT2D eigenvalue weighted by Gasteiger charge is -2.41. The van der Waals surface area contributed by atoms with Crippen LogP contribution in [-0.2, 0) is 4.79 Å². The van der Waals surface area contributed by atoms with Crippen LogP contribution in [0.2, 0.25) is 0 Å². The van der Waals surface area contributed by atoms with E-state index in [2.05, 4.69) is 28.7 Å². The number of hydrazone groups is 1. The summed E-state index contributed by atoms with van der Waals surface area (Å²) in [6.07, 6.45) is 2.15. The highest BCUT2D eigenvalue weighted by Gasteiger charge is 2.39. The van der Waals surface area contributed by atoms with Gasteiger partial charge in [-0.25, -0.2) is 0 Å². The number of hydrogen-bond donors (Lipinski definition) is 3. The van der Waals surface area contributed by atoms with E-state index >= 15 is 0 Å². The Morgan fingerprint density at radius 2 is 2.23 bits per heavy atom. The molecule has 2 aromatic heterocycles. The lowest BCUT2D eigenvalue weighted by atomic mass is 9.77. The van der Waals surface area contributed by atoms with Crippen LogP contribution in [0, 0.1) is 5.92 Å². The van der Waals surface area contributed by atoms with E-state index in [1.54, 1.807) is 18.3 Å². The summed E-state index contributed by atoms with van der Waals surface area (Å²) in [6.45, 7) is 5.87. The summed E-state index contributed by atoms with van der Waals surface area (Å²) >= 11 is 1.61. The number of aromatic nitrogens is 1. The molecule has 1 amide bonds. The van der Waals surface area contributed by atoms with Gasteiger partial charge in [-0.2, -0.15) is 5.10 Å². The largest absolute Gasteiger partial charge is 0.390 e. The molecule has 0 bridgehead atoms. The molecule has 7 nitrogen and oxygen atoms in total. The summed E-state index contributed by atoms with van der Waals surface area (Å²) in [4.78, 5) is 13.4. The Kier molecular flexibility index (Phi) is 4.09. The van der Waals surface area contributed by atoms with E-state index in [9.17, 15) is 15.0 Å². The van der Waals surface area contributed by atoms with E-state index in [4.69, 9.17) is 0 Å². The van der Waals surface area contributed by atoms with Gasteiger partial charge in [0.2, 0.25) is 5.91 Å². The molecule has 2 aromatic rings. The monoisotopic (exact) mass is 376 g/mol. The molecule has 0 spiro atoms. The number of hydrogen-bond acceptors (Lipinski definition) is 6. The van der Waals surface area contributed by atoms with Gasteiger partial charge in [0, 0.05) is 23.2 Å².